The number of benzene rings is 1. The molecule has 1 aromatic carbocycles. The summed E-state index contributed by atoms with van der Waals surface area (Å²) in [5.74, 6) is 0. The van der Waals surface area contributed by atoms with E-state index in [1.807, 2.05) is 31.2 Å². The molecule has 0 aromatic heterocycles. The molecule has 1 nitrogen and oxygen atoms in total. The van der Waals surface area contributed by atoms with Gasteiger partial charge in [-0.15, -0.1) is 0 Å². The first kappa shape index (κ1) is 8.02. The van der Waals surface area contributed by atoms with E-state index in [1.54, 1.807) is 0 Å². The van der Waals surface area contributed by atoms with Crippen LogP contribution in [0, 0.1) is 6.92 Å². The van der Waals surface area contributed by atoms with Gasteiger partial charge in [0.15, 0.2) is 0 Å². The van der Waals surface area contributed by atoms with Gasteiger partial charge < -0.3 is 5.73 Å². The zero-order chi connectivity index (χ0) is 5.98. The van der Waals surface area contributed by atoms with Crippen LogP contribution in [0.4, 0.5) is 5.69 Å². The molecule has 2 N–H and O–H groups in total. The number of aryl methyl sites for hydroxylation is 1. The topological polar surface area (TPSA) is 26.0 Å². The quantitative estimate of drug-likeness (QED) is 0.526. The molecule has 0 amide bonds. The summed E-state index contributed by atoms with van der Waals surface area (Å²) in [6, 6.07) is 7.80. The summed E-state index contributed by atoms with van der Waals surface area (Å²) in [7, 11) is 0. The summed E-state index contributed by atoms with van der Waals surface area (Å²) in [5, 5.41) is 0. The zero-order valence-corrected chi connectivity index (χ0v) is 4.89. The van der Waals surface area contributed by atoms with Crippen LogP contribution in [-0.2, 0) is 0 Å². The number of hydrogen-bond donors (Lipinski definition) is 1. The van der Waals surface area contributed by atoms with Crippen LogP contribution in [0.1, 0.15) is 13.0 Å². The van der Waals surface area contributed by atoms with E-state index in [-0.39, 0.29) is 7.43 Å². The van der Waals surface area contributed by atoms with Crippen LogP contribution in [0.15, 0.2) is 24.3 Å². The third-order valence-electron chi connectivity index (χ3n) is 1.19. The van der Waals surface area contributed by atoms with Crippen molar-refractivity contribution in [1.29, 1.82) is 0 Å². The van der Waals surface area contributed by atoms with Crippen LogP contribution < -0.4 is 5.73 Å². The van der Waals surface area contributed by atoms with Gasteiger partial charge in [-0.2, -0.15) is 0 Å². The molecule has 0 spiro atoms. The van der Waals surface area contributed by atoms with Crippen molar-refractivity contribution in [2.24, 2.45) is 0 Å². The van der Waals surface area contributed by atoms with Gasteiger partial charge in [0.2, 0.25) is 0 Å². The maximum Gasteiger partial charge on any atom is 0.0343 e. The molecule has 0 heterocycles. The third kappa shape index (κ3) is 1.76. The van der Waals surface area contributed by atoms with Crippen molar-refractivity contribution in [3.05, 3.63) is 29.8 Å². The molecule has 0 saturated carbocycles. The monoisotopic (exact) mass is 123 g/mol. The molecular weight excluding hydrogens is 110 g/mol. The fraction of sp³-hybridized carbons (Fsp3) is 0.250. The molecule has 0 atom stereocenters. The lowest BCUT2D eigenvalue weighted by Crippen LogP contribution is -1.85. The largest absolute Gasteiger partial charge is 0.399 e. The summed E-state index contributed by atoms with van der Waals surface area (Å²) in [5.41, 5.74) is 7.53. The van der Waals surface area contributed by atoms with E-state index in [9.17, 15) is 0 Å². The van der Waals surface area contributed by atoms with E-state index >= 15 is 0 Å². The number of nitrogens with two attached hydrogens (primary N) is 1. The van der Waals surface area contributed by atoms with E-state index in [4.69, 9.17) is 5.73 Å². The molecule has 0 unspecified atom stereocenters. The van der Waals surface area contributed by atoms with Crippen molar-refractivity contribution in [3.8, 4) is 0 Å². The molecule has 0 bridgehead atoms. The predicted octanol–water partition coefficient (Wildman–Crippen LogP) is 2.21. The minimum absolute atomic E-state index is 0. The van der Waals surface area contributed by atoms with Crippen molar-refractivity contribution in [2.75, 3.05) is 5.73 Å². The maximum absolute atomic E-state index is 5.52. The average Bonchev–Trinajstić information content (AvgIpc) is 1.77. The summed E-state index contributed by atoms with van der Waals surface area (Å²) >= 11 is 0. The Bertz CT molecular complexity index is 161. The Morgan fingerprint density at radius 2 is 1.78 bits per heavy atom. The molecule has 0 fully saturated rings. The molecule has 0 aliphatic rings. The van der Waals surface area contributed by atoms with Crippen LogP contribution in [0.3, 0.4) is 0 Å². The van der Waals surface area contributed by atoms with Gasteiger partial charge in [0.1, 0.15) is 0 Å². The van der Waals surface area contributed by atoms with Crippen molar-refractivity contribution in [3.63, 3.8) is 0 Å². The van der Waals surface area contributed by atoms with Crippen molar-refractivity contribution < 1.29 is 0 Å². The van der Waals surface area contributed by atoms with Crippen LogP contribution in [0.2, 0.25) is 0 Å². The molecule has 50 valence electrons. The van der Waals surface area contributed by atoms with Crippen molar-refractivity contribution in [1.82, 2.24) is 0 Å². The summed E-state index contributed by atoms with van der Waals surface area (Å²) in [6.45, 7) is 2.00. The van der Waals surface area contributed by atoms with E-state index in [1.165, 1.54) is 0 Å². The van der Waals surface area contributed by atoms with E-state index in [0.29, 0.717) is 0 Å². The second-order valence-corrected chi connectivity index (χ2v) is 1.86. The van der Waals surface area contributed by atoms with Gasteiger partial charge >= 0.3 is 0 Å². The Hall–Kier alpha value is -0.980. The third-order valence-corrected chi connectivity index (χ3v) is 1.19. The molecule has 0 radical (unpaired) electrons. The van der Waals surface area contributed by atoms with E-state index < -0.39 is 0 Å². The van der Waals surface area contributed by atoms with Gasteiger partial charge in [-0.05, 0) is 18.6 Å². The molecule has 0 aliphatic carbocycles. The van der Waals surface area contributed by atoms with Gasteiger partial charge in [-0.3, -0.25) is 0 Å². The minimum atomic E-state index is 0. The Morgan fingerprint density at radius 3 is 2.11 bits per heavy atom. The molecule has 1 heteroatoms. The number of anilines is 1. The van der Waals surface area contributed by atoms with Gasteiger partial charge in [0.25, 0.3) is 0 Å². The van der Waals surface area contributed by atoms with Crippen LogP contribution >= 0.6 is 0 Å². The Labute approximate surface area is 56.5 Å². The number of rotatable bonds is 0. The number of hydrogen-bond acceptors (Lipinski definition) is 1. The number of para-hydroxylation sites is 1. The second kappa shape index (κ2) is 3.13. The fourth-order valence-electron chi connectivity index (χ4n) is 0.587. The highest BCUT2D eigenvalue weighted by Crippen LogP contribution is 2.06. The highest BCUT2D eigenvalue weighted by atomic mass is 14.5. The van der Waals surface area contributed by atoms with Gasteiger partial charge in [-0.1, -0.05) is 25.6 Å². The standard InChI is InChI=1S/C7H9N.CH4/c1-6-4-2-3-5-7(6)8;/h2-5H,8H2,1H3;1H4. The lowest BCUT2D eigenvalue weighted by molar-refractivity contribution is 1.47. The predicted molar refractivity (Wildman–Crippen MR) is 42.3 cm³/mol. The van der Waals surface area contributed by atoms with Gasteiger partial charge in [0, 0.05) is 5.69 Å². The lowest BCUT2D eigenvalue weighted by atomic mass is 10.2. The molecule has 9 heavy (non-hydrogen) atoms. The molecule has 1 rings (SSSR count). The Kier molecular flexibility index (Phi) is 2.79. The average molecular weight is 123 g/mol. The highest BCUT2D eigenvalue weighted by Gasteiger charge is 1.84. The van der Waals surface area contributed by atoms with Crippen LogP contribution in [0.25, 0.3) is 0 Å². The summed E-state index contributed by atoms with van der Waals surface area (Å²) in [4.78, 5) is 0. The van der Waals surface area contributed by atoms with Crippen LogP contribution in [0.5, 0.6) is 0 Å². The minimum Gasteiger partial charge on any atom is -0.399 e. The fourth-order valence-corrected chi connectivity index (χ4v) is 0.587. The first-order chi connectivity index (χ1) is 3.80. The van der Waals surface area contributed by atoms with Gasteiger partial charge in [-0.25, -0.2) is 0 Å². The first-order valence-corrected chi connectivity index (χ1v) is 2.62. The van der Waals surface area contributed by atoms with Gasteiger partial charge in [0.05, 0.1) is 0 Å². The first-order valence-electron chi connectivity index (χ1n) is 2.62. The maximum atomic E-state index is 5.52. The highest BCUT2D eigenvalue weighted by molar-refractivity contribution is 5.44. The smallest absolute Gasteiger partial charge is 0.0343 e. The molecule has 1 aromatic rings. The number of nitrogen functional groups attached to an aromatic ring is 1. The van der Waals surface area contributed by atoms with Crippen molar-refractivity contribution >= 4 is 5.69 Å². The second-order valence-electron chi connectivity index (χ2n) is 1.86. The van der Waals surface area contributed by atoms with Crippen LogP contribution in [-0.4, -0.2) is 0 Å². The lowest BCUT2D eigenvalue weighted by Gasteiger charge is -1.93. The SMILES string of the molecule is C.Cc1ccccc1N. The molecular formula is C8H13N. The normalized spacial score (nSPS) is 8.11. The molecule has 0 aliphatic heterocycles. The van der Waals surface area contributed by atoms with Crippen molar-refractivity contribution in [2.45, 2.75) is 14.4 Å². The zero-order valence-electron chi connectivity index (χ0n) is 4.89. The Morgan fingerprint density at radius 1 is 1.22 bits per heavy atom. The van der Waals surface area contributed by atoms with E-state index in [2.05, 4.69) is 0 Å². The summed E-state index contributed by atoms with van der Waals surface area (Å²) < 4.78 is 0. The summed E-state index contributed by atoms with van der Waals surface area (Å²) in [6.07, 6.45) is 0. The Balaban J connectivity index is 0.000000640. The van der Waals surface area contributed by atoms with E-state index in [0.717, 1.165) is 11.3 Å². The molecule has 0 saturated heterocycles.